The second-order valence-corrected chi connectivity index (χ2v) is 8.73. The maximum absolute atomic E-state index is 13.0. The topological polar surface area (TPSA) is 73.9 Å². The lowest BCUT2D eigenvalue weighted by Gasteiger charge is -2.38. The van der Waals surface area contributed by atoms with Crippen LogP contribution in [0.2, 0.25) is 5.02 Å². The summed E-state index contributed by atoms with van der Waals surface area (Å²) in [5, 5.41) is 6.25. The molecule has 0 spiro atoms. The molecule has 2 aliphatic rings. The summed E-state index contributed by atoms with van der Waals surface area (Å²) in [5.74, 6) is -0.441. The number of esters is 1. The van der Waals surface area contributed by atoms with Gasteiger partial charge in [-0.3, -0.25) is 4.90 Å². The van der Waals surface area contributed by atoms with Crippen LogP contribution < -0.4 is 15.5 Å². The first-order chi connectivity index (χ1) is 15.9. The molecule has 2 N–H and O–H groups in total. The molecule has 0 aliphatic carbocycles. The van der Waals surface area contributed by atoms with E-state index in [1.165, 1.54) is 11.3 Å². The predicted octanol–water partition coefficient (Wildman–Crippen LogP) is 3.64. The fraction of sp³-hybridized carbons (Fsp3) is 0.360. The minimum absolute atomic E-state index is 0.251. The molecular formula is C25H29ClN4O3. The summed E-state index contributed by atoms with van der Waals surface area (Å²) in [4.78, 5) is 30.1. The van der Waals surface area contributed by atoms with Gasteiger partial charge in [0.1, 0.15) is 0 Å². The normalized spacial score (nSPS) is 19.2. The number of carbonyl (C=O) groups excluding carboxylic acids is 2. The fourth-order valence-electron chi connectivity index (χ4n) is 4.27. The van der Waals surface area contributed by atoms with E-state index >= 15 is 0 Å². The van der Waals surface area contributed by atoms with Gasteiger partial charge in [-0.05, 0) is 43.7 Å². The Balaban J connectivity index is 1.55. The maximum Gasteiger partial charge on any atom is 0.338 e. The number of aryl methyl sites for hydroxylation is 1. The highest BCUT2D eigenvalue weighted by Crippen LogP contribution is 2.30. The predicted molar refractivity (Wildman–Crippen MR) is 129 cm³/mol. The van der Waals surface area contributed by atoms with Gasteiger partial charge < -0.3 is 20.3 Å². The molecule has 0 aromatic heterocycles. The Hall–Kier alpha value is -3.03. The molecule has 0 bridgehead atoms. The lowest BCUT2D eigenvalue weighted by atomic mass is 9.95. The van der Waals surface area contributed by atoms with Crippen molar-refractivity contribution in [2.75, 3.05) is 44.2 Å². The summed E-state index contributed by atoms with van der Waals surface area (Å²) in [7, 11) is 0. The standard InChI is InChI=1S/C25H29ClN4O3/c1-3-33-24(31)22-21(27-25(32)28-23(22)18-5-4-6-19(26)15-18)16-29-11-13-30(14-12-29)20-9-7-17(2)8-10-20/h4-10,15,23H,3,11-14,16H2,1-2H3,(H2,27,28,32). The van der Waals surface area contributed by atoms with Crippen molar-refractivity contribution in [1.82, 2.24) is 15.5 Å². The van der Waals surface area contributed by atoms with Gasteiger partial charge in [0.15, 0.2) is 0 Å². The smallest absolute Gasteiger partial charge is 0.338 e. The molecule has 1 unspecified atom stereocenters. The molecule has 8 heteroatoms. The van der Waals surface area contributed by atoms with Crippen LogP contribution in [-0.2, 0) is 9.53 Å². The molecular weight excluding hydrogens is 440 g/mol. The average molecular weight is 469 g/mol. The molecule has 1 atom stereocenters. The number of nitrogens with one attached hydrogen (secondary N) is 2. The van der Waals surface area contributed by atoms with Crippen molar-refractivity contribution in [2.24, 2.45) is 0 Å². The van der Waals surface area contributed by atoms with Crippen LogP contribution in [0.15, 0.2) is 59.8 Å². The molecule has 2 amide bonds. The van der Waals surface area contributed by atoms with Crippen molar-refractivity contribution in [3.63, 3.8) is 0 Å². The number of urea groups is 1. The van der Waals surface area contributed by atoms with Crippen LogP contribution in [0, 0.1) is 6.92 Å². The number of hydrogen-bond donors (Lipinski definition) is 2. The highest BCUT2D eigenvalue weighted by molar-refractivity contribution is 6.30. The average Bonchev–Trinajstić information content (AvgIpc) is 2.80. The van der Waals surface area contributed by atoms with E-state index in [4.69, 9.17) is 16.3 Å². The van der Waals surface area contributed by atoms with E-state index in [0.29, 0.717) is 22.8 Å². The number of benzene rings is 2. The van der Waals surface area contributed by atoms with Gasteiger partial charge in [0, 0.05) is 49.1 Å². The Labute approximate surface area is 199 Å². The van der Waals surface area contributed by atoms with Crippen LogP contribution in [-0.4, -0.2) is 56.2 Å². The molecule has 174 valence electrons. The van der Waals surface area contributed by atoms with Crippen LogP contribution in [0.1, 0.15) is 24.1 Å². The molecule has 1 saturated heterocycles. The first-order valence-electron chi connectivity index (χ1n) is 11.2. The third-order valence-corrected chi connectivity index (χ3v) is 6.22. The molecule has 2 heterocycles. The summed E-state index contributed by atoms with van der Waals surface area (Å²) in [6, 6.07) is 14.7. The highest BCUT2D eigenvalue weighted by Gasteiger charge is 2.34. The summed E-state index contributed by atoms with van der Waals surface area (Å²) in [5.41, 5.74) is 4.18. The Morgan fingerprint density at radius 1 is 1.12 bits per heavy atom. The Morgan fingerprint density at radius 3 is 2.52 bits per heavy atom. The number of hydrogen-bond acceptors (Lipinski definition) is 5. The first kappa shape index (κ1) is 23.1. The molecule has 0 radical (unpaired) electrons. The minimum Gasteiger partial charge on any atom is -0.463 e. The molecule has 4 rings (SSSR count). The second-order valence-electron chi connectivity index (χ2n) is 8.30. The molecule has 2 aromatic carbocycles. The van der Waals surface area contributed by atoms with Crippen molar-refractivity contribution >= 4 is 29.3 Å². The third kappa shape index (κ3) is 5.49. The van der Waals surface area contributed by atoms with Gasteiger partial charge in [0.25, 0.3) is 0 Å². The van der Waals surface area contributed by atoms with E-state index in [1.54, 1.807) is 25.1 Å². The monoisotopic (exact) mass is 468 g/mol. The van der Waals surface area contributed by atoms with Gasteiger partial charge in [-0.25, -0.2) is 9.59 Å². The number of carbonyl (C=O) groups is 2. The van der Waals surface area contributed by atoms with Crippen molar-refractivity contribution in [3.8, 4) is 0 Å². The van der Waals surface area contributed by atoms with Crippen LogP contribution in [0.3, 0.4) is 0 Å². The molecule has 2 aromatic rings. The number of amides is 2. The number of piperazine rings is 1. The van der Waals surface area contributed by atoms with Crippen molar-refractivity contribution in [2.45, 2.75) is 19.9 Å². The molecule has 7 nitrogen and oxygen atoms in total. The van der Waals surface area contributed by atoms with E-state index < -0.39 is 12.0 Å². The summed E-state index contributed by atoms with van der Waals surface area (Å²) < 4.78 is 5.35. The number of rotatable bonds is 6. The quantitative estimate of drug-likeness (QED) is 0.633. The molecule has 2 aliphatic heterocycles. The van der Waals surface area contributed by atoms with E-state index in [2.05, 4.69) is 51.6 Å². The summed E-state index contributed by atoms with van der Waals surface area (Å²) in [6.07, 6.45) is 0. The SMILES string of the molecule is CCOC(=O)C1=C(CN2CCN(c3ccc(C)cc3)CC2)NC(=O)NC1c1cccc(Cl)c1. The first-order valence-corrected chi connectivity index (χ1v) is 11.6. The van der Waals surface area contributed by atoms with Crippen molar-refractivity contribution < 1.29 is 14.3 Å². The third-order valence-electron chi connectivity index (χ3n) is 5.98. The molecule has 1 fully saturated rings. The number of nitrogens with zero attached hydrogens (tertiary/aromatic N) is 2. The minimum atomic E-state index is -0.625. The summed E-state index contributed by atoms with van der Waals surface area (Å²) >= 11 is 6.18. The lowest BCUT2D eigenvalue weighted by molar-refractivity contribution is -0.139. The second kappa shape index (κ2) is 10.3. The van der Waals surface area contributed by atoms with Crippen LogP contribution in [0.25, 0.3) is 0 Å². The van der Waals surface area contributed by atoms with Crippen LogP contribution in [0.4, 0.5) is 10.5 Å². The summed E-state index contributed by atoms with van der Waals surface area (Å²) in [6.45, 7) is 7.94. The van der Waals surface area contributed by atoms with Gasteiger partial charge >= 0.3 is 12.0 Å². The largest absolute Gasteiger partial charge is 0.463 e. The van der Waals surface area contributed by atoms with Crippen LogP contribution in [0.5, 0.6) is 0 Å². The lowest BCUT2D eigenvalue weighted by Crippen LogP contribution is -2.51. The Bertz CT molecular complexity index is 1050. The highest BCUT2D eigenvalue weighted by atomic mass is 35.5. The van der Waals surface area contributed by atoms with Gasteiger partial charge in [-0.2, -0.15) is 0 Å². The van der Waals surface area contributed by atoms with Gasteiger partial charge in [0.05, 0.1) is 18.2 Å². The van der Waals surface area contributed by atoms with E-state index in [-0.39, 0.29) is 12.6 Å². The zero-order valence-electron chi connectivity index (χ0n) is 18.9. The van der Waals surface area contributed by atoms with E-state index in [9.17, 15) is 9.59 Å². The fourth-order valence-corrected chi connectivity index (χ4v) is 4.47. The van der Waals surface area contributed by atoms with E-state index in [1.807, 2.05) is 6.07 Å². The van der Waals surface area contributed by atoms with Gasteiger partial charge in [-0.15, -0.1) is 0 Å². The van der Waals surface area contributed by atoms with Crippen molar-refractivity contribution in [3.05, 3.63) is 76.0 Å². The Morgan fingerprint density at radius 2 is 1.85 bits per heavy atom. The van der Waals surface area contributed by atoms with E-state index in [0.717, 1.165) is 31.7 Å². The number of anilines is 1. The number of ether oxygens (including phenoxy) is 1. The maximum atomic E-state index is 13.0. The van der Waals surface area contributed by atoms with Gasteiger partial charge in [0.2, 0.25) is 0 Å². The van der Waals surface area contributed by atoms with Crippen LogP contribution >= 0.6 is 11.6 Å². The zero-order valence-corrected chi connectivity index (χ0v) is 19.7. The van der Waals surface area contributed by atoms with Gasteiger partial charge in [-0.1, -0.05) is 41.4 Å². The van der Waals surface area contributed by atoms with Crippen molar-refractivity contribution in [1.29, 1.82) is 0 Å². The zero-order chi connectivity index (χ0) is 23.4. The number of halogens is 1. The Kier molecular flexibility index (Phi) is 7.20. The molecule has 33 heavy (non-hydrogen) atoms. The molecule has 0 saturated carbocycles.